The van der Waals surface area contributed by atoms with Crippen molar-refractivity contribution >= 4 is 16.7 Å². The largest absolute Gasteiger partial charge is 0.360 e. The molecule has 2 nitrogen and oxygen atoms in total. The van der Waals surface area contributed by atoms with Gasteiger partial charge in [0, 0.05) is 22.7 Å². The first-order valence-corrected chi connectivity index (χ1v) is 5.35. The molecule has 0 atom stereocenters. The fraction of sp³-hybridized carbons (Fsp3) is 0.214. The van der Waals surface area contributed by atoms with Gasteiger partial charge in [-0.05, 0) is 32.4 Å². The second-order valence-electron chi connectivity index (χ2n) is 4.29. The van der Waals surface area contributed by atoms with Crippen LogP contribution in [-0.4, -0.2) is 10.8 Å². The quantitative estimate of drug-likeness (QED) is 0.599. The zero-order chi connectivity index (χ0) is 11.7. The third-order valence-corrected chi connectivity index (χ3v) is 2.61. The molecule has 16 heavy (non-hydrogen) atoms. The molecule has 1 aromatic carbocycles. The van der Waals surface area contributed by atoms with Crippen LogP contribution in [0.25, 0.3) is 10.9 Å². The maximum atomic E-state index is 11.9. The fourth-order valence-electron chi connectivity index (χ4n) is 1.85. The Morgan fingerprint density at radius 2 is 2.06 bits per heavy atom. The smallest absolute Gasteiger partial charge is 0.187 e. The van der Waals surface area contributed by atoms with E-state index in [-0.39, 0.29) is 5.78 Å². The first-order chi connectivity index (χ1) is 7.59. The molecule has 1 N–H and O–H groups in total. The Morgan fingerprint density at radius 1 is 1.31 bits per heavy atom. The van der Waals surface area contributed by atoms with Crippen molar-refractivity contribution < 1.29 is 4.79 Å². The van der Waals surface area contributed by atoms with Crippen molar-refractivity contribution in [2.24, 2.45) is 0 Å². The molecule has 0 saturated heterocycles. The SMILES string of the molecule is CC(C)=CC(=O)c1c[nH]c2c(C)cccc12. The van der Waals surface area contributed by atoms with Crippen LogP contribution in [-0.2, 0) is 0 Å². The third-order valence-electron chi connectivity index (χ3n) is 2.61. The third kappa shape index (κ3) is 1.78. The van der Waals surface area contributed by atoms with E-state index in [1.807, 2.05) is 39.0 Å². The molecule has 1 aromatic heterocycles. The van der Waals surface area contributed by atoms with Crippen LogP contribution in [0, 0.1) is 6.92 Å². The molecule has 82 valence electrons. The summed E-state index contributed by atoms with van der Waals surface area (Å²) in [7, 11) is 0. The van der Waals surface area contributed by atoms with Gasteiger partial charge in [-0.2, -0.15) is 0 Å². The van der Waals surface area contributed by atoms with Gasteiger partial charge in [-0.1, -0.05) is 23.8 Å². The lowest BCUT2D eigenvalue weighted by Gasteiger charge is -1.97. The van der Waals surface area contributed by atoms with Crippen LogP contribution in [0.5, 0.6) is 0 Å². The molecule has 0 bridgehead atoms. The minimum atomic E-state index is 0.0665. The highest BCUT2D eigenvalue weighted by molar-refractivity contribution is 6.13. The molecule has 0 amide bonds. The van der Waals surface area contributed by atoms with Gasteiger partial charge in [0.25, 0.3) is 0 Å². The number of rotatable bonds is 2. The standard InChI is InChI=1S/C14H15NO/c1-9(2)7-13(16)12-8-15-14-10(3)5-4-6-11(12)14/h4-8,15H,1-3H3. The highest BCUT2D eigenvalue weighted by Crippen LogP contribution is 2.22. The summed E-state index contributed by atoms with van der Waals surface area (Å²) in [5, 5.41) is 1.00. The van der Waals surface area contributed by atoms with Crippen LogP contribution in [0.4, 0.5) is 0 Å². The van der Waals surface area contributed by atoms with Crippen molar-refractivity contribution in [2.45, 2.75) is 20.8 Å². The highest BCUT2D eigenvalue weighted by atomic mass is 16.1. The number of aromatic nitrogens is 1. The van der Waals surface area contributed by atoms with Gasteiger partial charge in [0.2, 0.25) is 0 Å². The number of aromatic amines is 1. The predicted octanol–water partition coefficient (Wildman–Crippen LogP) is 3.63. The second-order valence-corrected chi connectivity index (χ2v) is 4.29. The summed E-state index contributed by atoms with van der Waals surface area (Å²) >= 11 is 0. The predicted molar refractivity (Wildman–Crippen MR) is 66.8 cm³/mol. The highest BCUT2D eigenvalue weighted by Gasteiger charge is 2.10. The second kappa shape index (κ2) is 3.97. The summed E-state index contributed by atoms with van der Waals surface area (Å²) in [5.74, 6) is 0.0665. The van der Waals surface area contributed by atoms with E-state index in [0.717, 1.165) is 27.6 Å². The van der Waals surface area contributed by atoms with Crippen molar-refractivity contribution in [3.63, 3.8) is 0 Å². The number of hydrogen-bond donors (Lipinski definition) is 1. The van der Waals surface area contributed by atoms with E-state index in [4.69, 9.17) is 0 Å². The summed E-state index contributed by atoms with van der Waals surface area (Å²) in [4.78, 5) is 15.1. The Bertz CT molecular complexity index is 571. The van der Waals surface area contributed by atoms with E-state index >= 15 is 0 Å². The summed E-state index contributed by atoms with van der Waals surface area (Å²) in [6, 6.07) is 5.99. The number of ketones is 1. The van der Waals surface area contributed by atoms with Crippen LogP contribution < -0.4 is 0 Å². The molecule has 0 aliphatic heterocycles. The Balaban J connectivity index is 2.59. The Morgan fingerprint density at radius 3 is 2.75 bits per heavy atom. The minimum absolute atomic E-state index is 0.0665. The van der Waals surface area contributed by atoms with Crippen LogP contribution in [0.2, 0.25) is 0 Å². The number of fused-ring (bicyclic) bond motifs is 1. The van der Waals surface area contributed by atoms with E-state index in [0.29, 0.717) is 0 Å². The number of benzene rings is 1. The molecule has 2 heteroatoms. The number of hydrogen-bond acceptors (Lipinski definition) is 1. The lowest BCUT2D eigenvalue weighted by Crippen LogP contribution is -1.93. The molecule has 0 aliphatic carbocycles. The van der Waals surface area contributed by atoms with Gasteiger partial charge in [0.1, 0.15) is 0 Å². The lowest BCUT2D eigenvalue weighted by atomic mass is 10.1. The number of aryl methyl sites for hydroxylation is 1. The lowest BCUT2D eigenvalue weighted by molar-refractivity contribution is 0.104. The Hall–Kier alpha value is -1.83. The molecule has 2 rings (SSSR count). The van der Waals surface area contributed by atoms with Gasteiger partial charge in [-0.25, -0.2) is 0 Å². The van der Waals surface area contributed by atoms with Crippen LogP contribution >= 0.6 is 0 Å². The number of nitrogens with one attached hydrogen (secondary N) is 1. The van der Waals surface area contributed by atoms with E-state index in [9.17, 15) is 4.79 Å². The summed E-state index contributed by atoms with van der Waals surface area (Å²) < 4.78 is 0. The summed E-state index contributed by atoms with van der Waals surface area (Å²) in [6.07, 6.45) is 3.46. The first kappa shape index (κ1) is 10.7. The number of carbonyl (C=O) groups excluding carboxylic acids is 1. The molecular formula is C14H15NO. The van der Waals surface area contributed by atoms with Crippen molar-refractivity contribution in [1.82, 2.24) is 4.98 Å². The molecule has 0 aliphatic rings. The molecule has 0 unspecified atom stereocenters. The Kier molecular flexibility index (Phi) is 2.65. The van der Waals surface area contributed by atoms with Crippen LogP contribution in [0.15, 0.2) is 36.0 Å². The molecule has 0 spiro atoms. The Labute approximate surface area is 95.0 Å². The summed E-state index contributed by atoms with van der Waals surface area (Å²) in [5.41, 5.74) is 3.98. The van der Waals surface area contributed by atoms with Crippen LogP contribution in [0.1, 0.15) is 29.8 Å². The van der Waals surface area contributed by atoms with Crippen LogP contribution in [0.3, 0.4) is 0 Å². The average molecular weight is 213 g/mol. The van der Waals surface area contributed by atoms with Gasteiger partial charge in [0.15, 0.2) is 5.78 Å². The molecular weight excluding hydrogens is 198 g/mol. The van der Waals surface area contributed by atoms with Crippen molar-refractivity contribution in [3.8, 4) is 0 Å². The minimum Gasteiger partial charge on any atom is -0.360 e. The molecule has 0 radical (unpaired) electrons. The van der Waals surface area contributed by atoms with Crippen molar-refractivity contribution in [3.05, 3.63) is 47.2 Å². The molecule has 0 fully saturated rings. The van der Waals surface area contributed by atoms with E-state index < -0.39 is 0 Å². The van der Waals surface area contributed by atoms with E-state index in [1.165, 1.54) is 0 Å². The summed E-state index contributed by atoms with van der Waals surface area (Å²) in [6.45, 7) is 5.89. The molecule has 0 saturated carbocycles. The van der Waals surface area contributed by atoms with Crippen molar-refractivity contribution in [2.75, 3.05) is 0 Å². The number of H-pyrrole nitrogens is 1. The topological polar surface area (TPSA) is 32.9 Å². The van der Waals surface area contributed by atoms with Gasteiger partial charge < -0.3 is 4.98 Å². The molecule has 2 aromatic rings. The number of allylic oxidation sites excluding steroid dienone is 2. The zero-order valence-electron chi connectivity index (χ0n) is 9.79. The van der Waals surface area contributed by atoms with Gasteiger partial charge in [-0.3, -0.25) is 4.79 Å². The first-order valence-electron chi connectivity index (χ1n) is 5.35. The van der Waals surface area contributed by atoms with Gasteiger partial charge >= 0.3 is 0 Å². The van der Waals surface area contributed by atoms with Crippen molar-refractivity contribution in [1.29, 1.82) is 0 Å². The van der Waals surface area contributed by atoms with E-state index in [1.54, 1.807) is 12.3 Å². The van der Waals surface area contributed by atoms with E-state index in [2.05, 4.69) is 4.98 Å². The van der Waals surface area contributed by atoms with Gasteiger partial charge in [-0.15, -0.1) is 0 Å². The number of carbonyl (C=O) groups is 1. The maximum Gasteiger partial charge on any atom is 0.187 e. The average Bonchev–Trinajstić information content (AvgIpc) is 2.61. The van der Waals surface area contributed by atoms with Gasteiger partial charge in [0.05, 0.1) is 0 Å². The monoisotopic (exact) mass is 213 g/mol. The maximum absolute atomic E-state index is 11.9. The fourth-order valence-corrected chi connectivity index (χ4v) is 1.85. The normalized spacial score (nSPS) is 10.4. The zero-order valence-corrected chi connectivity index (χ0v) is 9.79. The number of para-hydroxylation sites is 1. The molecule has 1 heterocycles.